The number of nitrogens with one attached hydrogen (secondary N) is 1. The van der Waals surface area contributed by atoms with Crippen molar-refractivity contribution in [3.8, 4) is 0 Å². The summed E-state index contributed by atoms with van der Waals surface area (Å²) in [4.78, 5) is 3.77. The molecule has 0 aliphatic carbocycles. The van der Waals surface area contributed by atoms with Crippen molar-refractivity contribution in [1.29, 1.82) is 0 Å². The van der Waals surface area contributed by atoms with E-state index in [2.05, 4.69) is 9.71 Å². The van der Waals surface area contributed by atoms with Crippen molar-refractivity contribution in [3.05, 3.63) is 5.69 Å². The van der Waals surface area contributed by atoms with Crippen molar-refractivity contribution in [2.24, 2.45) is 0 Å². The Labute approximate surface area is 102 Å². The highest BCUT2D eigenvalue weighted by Crippen LogP contribution is 2.30. The Balaban J connectivity index is 3.13. The van der Waals surface area contributed by atoms with Crippen molar-refractivity contribution >= 4 is 46.2 Å². The largest absolute Gasteiger partial charge is 0.272 e. The molecule has 0 spiro atoms. The Kier molecular flexibility index (Phi) is 3.83. The molecule has 0 unspecified atom stereocenters. The standard InChI is InChI=1S/C6H9ClN2O4S3/c1-3-15(10,11)9-6-8-4(2)5(14-6)16(7,12)13/h3H2,1-2H3,(H,8,9). The van der Waals surface area contributed by atoms with E-state index in [4.69, 9.17) is 10.7 Å². The molecule has 1 N–H and O–H groups in total. The van der Waals surface area contributed by atoms with Gasteiger partial charge in [0.25, 0.3) is 9.05 Å². The van der Waals surface area contributed by atoms with E-state index in [0.717, 1.165) is 0 Å². The average molecular weight is 305 g/mol. The molecule has 6 nitrogen and oxygen atoms in total. The van der Waals surface area contributed by atoms with Crippen LogP contribution < -0.4 is 4.72 Å². The molecule has 1 aromatic rings. The Bertz CT molecular complexity index is 589. The summed E-state index contributed by atoms with van der Waals surface area (Å²) < 4.78 is 46.6. The van der Waals surface area contributed by atoms with Crippen LogP contribution >= 0.6 is 22.0 Å². The summed E-state index contributed by atoms with van der Waals surface area (Å²) in [5.74, 6) is -0.116. The third-order valence-electron chi connectivity index (χ3n) is 1.60. The fourth-order valence-corrected chi connectivity index (χ4v) is 4.06. The van der Waals surface area contributed by atoms with Gasteiger partial charge in [-0.3, -0.25) is 4.72 Å². The summed E-state index contributed by atoms with van der Waals surface area (Å²) >= 11 is 0.687. The third-order valence-corrected chi connectivity index (χ3v) is 6.24. The number of rotatable bonds is 4. The lowest BCUT2D eigenvalue weighted by atomic mass is 10.6. The molecule has 0 fully saturated rings. The van der Waals surface area contributed by atoms with Crippen LogP contribution in [0.15, 0.2) is 4.21 Å². The number of nitrogens with zero attached hydrogens (tertiary/aromatic N) is 1. The van der Waals surface area contributed by atoms with Crippen LogP contribution in [-0.4, -0.2) is 27.6 Å². The van der Waals surface area contributed by atoms with Gasteiger partial charge < -0.3 is 0 Å². The molecule has 0 saturated carbocycles. The Morgan fingerprint density at radius 2 is 1.94 bits per heavy atom. The minimum atomic E-state index is -3.88. The summed E-state index contributed by atoms with van der Waals surface area (Å²) in [6.45, 7) is 2.90. The SMILES string of the molecule is CCS(=O)(=O)Nc1nc(C)c(S(=O)(=O)Cl)s1. The smallest absolute Gasteiger partial charge is 0.259 e. The van der Waals surface area contributed by atoms with E-state index < -0.39 is 19.1 Å². The number of sulfonamides is 1. The molecular formula is C6H9ClN2O4S3. The molecule has 0 bridgehead atoms. The van der Waals surface area contributed by atoms with Crippen molar-refractivity contribution in [3.63, 3.8) is 0 Å². The van der Waals surface area contributed by atoms with Gasteiger partial charge in [-0.1, -0.05) is 11.3 Å². The van der Waals surface area contributed by atoms with Crippen molar-refractivity contribution in [2.45, 2.75) is 18.1 Å². The molecule has 0 radical (unpaired) electrons. The maximum Gasteiger partial charge on any atom is 0.272 e. The van der Waals surface area contributed by atoms with Gasteiger partial charge in [-0.15, -0.1) is 0 Å². The zero-order valence-electron chi connectivity index (χ0n) is 8.39. The van der Waals surface area contributed by atoms with Gasteiger partial charge in [-0.25, -0.2) is 21.8 Å². The van der Waals surface area contributed by atoms with Crippen LogP contribution in [0.4, 0.5) is 5.13 Å². The number of hydrogen-bond acceptors (Lipinski definition) is 6. The lowest BCUT2D eigenvalue weighted by Gasteiger charge is -1.99. The van der Waals surface area contributed by atoms with E-state index in [1.165, 1.54) is 13.8 Å². The molecule has 1 aromatic heterocycles. The Hall–Kier alpha value is -0.380. The van der Waals surface area contributed by atoms with E-state index >= 15 is 0 Å². The van der Waals surface area contributed by atoms with Crippen molar-refractivity contribution in [2.75, 3.05) is 10.5 Å². The zero-order valence-corrected chi connectivity index (χ0v) is 11.6. The number of halogens is 1. The molecule has 0 aliphatic rings. The van der Waals surface area contributed by atoms with Gasteiger partial charge in [0.05, 0.1) is 11.4 Å². The molecule has 0 amide bonds. The Morgan fingerprint density at radius 1 is 1.38 bits per heavy atom. The molecule has 0 saturated heterocycles. The molecule has 92 valence electrons. The molecular weight excluding hydrogens is 296 g/mol. The molecule has 1 rings (SSSR count). The van der Waals surface area contributed by atoms with E-state index in [-0.39, 0.29) is 20.8 Å². The zero-order chi connectivity index (χ0) is 12.6. The van der Waals surface area contributed by atoms with Gasteiger partial charge in [-0.2, -0.15) is 0 Å². The van der Waals surface area contributed by atoms with E-state index in [9.17, 15) is 16.8 Å². The highest BCUT2D eigenvalue weighted by Gasteiger charge is 2.20. The predicted molar refractivity (Wildman–Crippen MR) is 63.0 cm³/mol. The lowest BCUT2D eigenvalue weighted by Crippen LogP contribution is -2.14. The highest BCUT2D eigenvalue weighted by molar-refractivity contribution is 8.15. The van der Waals surface area contributed by atoms with Gasteiger partial charge in [0.15, 0.2) is 9.34 Å². The minimum Gasteiger partial charge on any atom is -0.259 e. The maximum absolute atomic E-state index is 11.2. The van der Waals surface area contributed by atoms with Crippen LogP contribution in [-0.2, 0) is 19.1 Å². The van der Waals surface area contributed by atoms with Gasteiger partial charge in [0.1, 0.15) is 0 Å². The first kappa shape index (κ1) is 13.7. The summed E-state index contributed by atoms with van der Waals surface area (Å²) in [6.07, 6.45) is 0. The monoisotopic (exact) mass is 304 g/mol. The highest BCUT2D eigenvalue weighted by atomic mass is 35.7. The molecule has 0 atom stereocenters. The van der Waals surface area contributed by atoms with Crippen LogP contribution in [0.25, 0.3) is 0 Å². The second-order valence-electron chi connectivity index (χ2n) is 2.84. The number of thiazole rings is 1. The van der Waals surface area contributed by atoms with Crippen molar-refractivity contribution < 1.29 is 16.8 Å². The molecule has 16 heavy (non-hydrogen) atoms. The second kappa shape index (κ2) is 4.47. The van der Waals surface area contributed by atoms with Crippen LogP contribution in [0.1, 0.15) is 12.6 Å². The van der Waals surface area contributed by atoms with Gasteiger partial charge in [0, 0.05) is 10.7 Å². The third kappa shape index (κ3) is 3.30. The average Bonchev–Trinajstić information content (AvgIpc) is 2.45. The van der Waals surface area contributed by atoms with Gasteiger partial charge in [0.2, 0.25) is 10.0 Å². The summed E-state index contributed by atoms with van der Waals surface area (Å²) in [7, 11) is -2.20. The first-order valence-electron chi connectivity index (χ1n) is 4.08. The van der Waals surface area contributed by atoms with E-state index in [0.29, 0.717) is 11.3 Å². The summed E-state index contributed by atoms with van der Waals surface area (Å²) in [5, 5.41) is -0.00132. The number of anilines is 1. The molecule has 1 heterocycles. The second-order valence-corrected chi connectivity index (χ2v) is 8.61. The fraction of sp³-hybridized carbons (Fsp3) is 0.500. The maximum atomic E-state index is 11.2. The topological polar surface area (TPSA) is 93.2 Å². The van der Waals surface area contributed by atoms with Crippen molar-refractivity contribution in [1.82, 2.24) is 4.98 Å². The molecule has 0 aromatic carbocycles. The minimum absolute atomic E-state index is 0.00132. The summed E-state index contributed by atoms with van der Waals surface area (Å²) in [5.41, 5.74) is 0.175. The molecule has 10 heteroatoms. The number of aromatic nitrogens is 1. The predicted octanol–water partition coefficient (Wildman–Crippen LogP) is 1.14. The van der Waals surface area contributed by atoms with E-state index in [1.54, 1.807) is 0 Å². The lowest BCUT2D eigenvalue weighted by molar-refractivity contribution is 0.602. The van der Waals surface area contributed by atoms with Crippen LogP contribution in [0.5, 0.6) is 0 Å². The van der Waals surface area contributed by atoms with Crippen LogP contribution in [0.3, 0.4) is 0 Å². The first-order chi connectivity index (χ1) is 7.15. The van der Waals surface area contributed by atoms with Crippen LogP contribution in [0.2, 0.25) is 0 Å². The first-order valence-corrected chi connectivity index (χ1v) is 8.86. The van der Waals surface area contributed by atoms with Gasteiger partial charge >= 0.3 is 0 Å². The fourth-order valence-electron chi connectivity index (χ4n) is 0.857. The number of hydrogen-bond donors (Lipinski definition) is 1. The Morgan fingerprint density at radius 3 is 2.31 bits per heavy atom. The molecule has 0 aliphatic heterocycles. The number of aryl methyl sites for hydroxylation is 1. The normalized spacial score (nSPS) is 12.7. The van der Waals surface area contributed by atoms with E-state index in [1.807, 2.05) is 0 Å². The quantitative estimate of drug-likeness (QED) is 0.842. The van der Waals surface area contributed by atoms with Gasteiger partial charge in [-0.05, 0) is 13.8 Å². The van der Waals surface area contributed by atoms with Crippen LogP contribution in [0, 0.1) is 6.92 Å². The summed E-state index contributed by atoms with van der Waals surface area (Å²) in [6, 6.07) is 0.